The second kappa shape index (κ2) is 6.74. The second-order valence-corrected chi connectivity index (χ2v) is 2.68. The number of rotatable bonds is 6. The number of carboxylic acids is 1. The van der Waals surface area contributed by atoms with E-state index in [2.05, 4.69) is 10.5 Å². The first kappa shape index (κ1) is 11.1. The molecule has 0 aromatic rings. The summed E-state index contributed by atoms with van der Waals surface area (Å²) < 4.78 is 18.2. The van der Waals surface area contributed by atoms with Crippen LogP contribution in [0.4, 0.5) is 0 Å². The van der Waals surface area contributed by atoms with Crippen molar-refractivity contribution in [2.24, 2.45) is 5.10 Å². The van der Waals surface area contributed by atoms with Gasteiger partial charge in [-0.3, -0.25) is 4.79 Å². The van der Waals surface area contributed by atoms with Crippen molar-refractivity contribution in [1.29, 1.82) is 0 Å². The number of hydrogen-bond acceptors (Lipinski definition) is 4. The highest BCUT2D eigenvalue weighted by atomic mass is 32.2. The Morgan fingerprint density at radius 3 is 2.83 bits per heavy atom. The van der Waals surface area contributed by atoms with Gasteiger partial charge in [-0.25, -0.2) is 4.21 Å². The van der Waals surface area contributed by atoms with Crippen molar-refractivity contribution in [1.82, 2.24) is 5.43 Å². The SMILES string of the molecule is O=C(O)CCCNN=CS(=O)O. The Morgan fingerprint density at radius 2 is 2.33 bits per heavy atom. The number of hydrogen-bond donors (Lipinski definition) is 3. The molecule has 0 aromatic carbocycles. The molecule has 7 heteroatoms. The summed E-state index contributed by atoms with van der Waals surface area (Å²) in [5.74, 6) is -0.869. The summed E-state index contributed by atoms with van der Waals surface area (Å²) >= 11 is -2.05. The molecule has 3 N–H and O–H groups in total. The Morgan fingerprint density at radius 1 is 1.67 bits per heavy atom. The number of carboxylic acid groups (broad SMARTS) is 1. The first-order valence-corrected chi connectivity index (χ1v) is 4.37. The van der Waals surface area contributed by atoms with Gasteiger partial charge >= 0.3 is 5.97 Å². The zero-order valence-electron chi connectivity index (χ0n) is 6.27. The monoisotopic (exact) mass is 194 g/mol. The molecule has 0 aliphatic rings. The van der Waals surface area contributed by atoms with E-state index >= 15 is 0 Å². The molecule has 0 bridgehead atoms. The smallest absolute Gasteiger partial charge is 0.303 e. The molecule has 0 aliphatic carbocycles. The van der Waals surface area contributed by atoms with E-state index in [0.717, 1.165) is 5.55 Å². The van der Waals surface area contributed by atoms with Crippen LogP contribution in [0.25, 0.3) is 0 Å². The van der Waals surface area contributed by atoms with E-state index in [0.29, 0.717) is 13.0 Å². The molecular formula is C5H10N2O4S. The van der Waals surface area contributed by atoms with Gasteiger partial charge in [-0.2, -0.15) is 5.10 Å². The molecule has 0 amide bonds. The molecule has 0 rings (SSSR count). The number of hydrazone groups is 1. The van der Waals surface area contributed by atoms with Crippen LogP contribution in [0.15, 0.2) is 5.10 Å². The van der Waals surface area contributed by atoms with Crippen molar-refractivity contribution >= 4 is 22.6 Å². The Labute approximate surface area is 71.9 Å². The number of nitrogens with one attached hydrogen (secondary N) is 1. The van der Waals surface area contributed by atoms with Crippen molar-refractivity contribution in [2.45, 2.75) is 12.8 Å². The first-order chi connectivity index (χ1) is 5.63. The Hall–Kier alpha value is -0.950. The van der Waals surface area contributed by atoms with E-state index in [1.807, 2.05) is 0 Å². The molecule has 1 unspecified atom stereocenters. The molecule has 0 heterocycles. The molecular weight excluding hydrogens is 184 g/mol. The maximum Gasteiger partial charge on any atom is 0.303 e. The largest absolute Gasteiger partial charge is 0.481 e. The summed E-state index contributed by atoms with van der Waals surface area (Å²) in [7, 11) is 0. The summed E-state index contributed by atoms with van der Waals surface area (Å²) in [6.45, 7) is 0.375. The highest BCUT2D eigenvalue weighted by Crippen LogP contribution is 1.85. The van der Waals surface area contributed by atoms with Gasteiger partial charge in [0.25, 0.3) is 0 Å². The van der Waals surface area contributed by atoms with Crippen LogP contribution in [0.3, 0.4) is 0 Å². The van der Waals surface area contributed by atoms with Crippen molar-refractivity contribution in [3.63, 3.8) is 0 Å². The fraction of sp³-hybridized carbons (Fsp3) is 0.600. The van der Waals surface area contributed by atoms with Gasteiger partial charge in [-0.15, -0.1) is 0 Å². The quantitative estimate of drug-likeness (QED) is 0.176. The average Bonchev–Trinajstić information content (AvgIpc) is 1.95. The van der Waals surface area contributed by atoms with Crippen molar-refractivity contribution in [3.05, 3.63) is 0 Å². The molecule has 6 nitrogen and oxygen atoms in total. The Kier molecular flexibility index (Phi) is 6.21. The molecule has 0 spiro atoms. The van der Waals surface area contributed by atoms with E-state index in [9.17, 15) is 9.00 Å². The third-order valence-electron chi connectivity index (χ3n) is 0.913. The summed E-state index contributed by atoms with van der Waals surface area (Å²) in [5, 5.41) is 11.6. The summed E-state index contributed by atoms with van der Waals surface area (Å²) in [4.78, 5) is 9.99. The maximum absolute atomic E-state index is 9.99. The van der Waals surface area contributed by atoms with Crippen LogP contribution in [0, 0.1) is 0 Å². The lowest BCUT2D eigenvalue weighted by Crippen LogP contribution is -2.10. The summed E-state index contributed by atoms with van der Waals surface area (Å²) in [6, 6.07) is 0. The van der Waals surface area contributed by atoms with Gasteiger partial charge in [0.1, 0.15) is 5.55 Å². The molecule has 0 radical (unpaired) electrons. The lowest BCUT2D eigenvalue weighted by molar-refractivity contribution is -0.137. The predicted octanol–water partition coefficient (Wildman–Crippen LogP) is -0.394. The van der Waals surface area contributed by atoms with Crippen molar-refractivity contribution < 1.29 is 18.7 Å². The van der Waals surface area contributed by atoms with Crippen LogP contribution in [-0.4, -0.2) is 31.9 Å². The Bertz CT molecular complexity index is 194. The predicted molar refractivity (Wildman–Crippen MR) is 44.1 cm³/mol. The standard InChI is InChI=1S/C5H10N2O4S/c8-5(9)2-1-3-6-7-4-12(10)11/h4,6H,1-3H2,(H,8,9)(H,10,11). The zero-order valence-corrected chi connectivity index (χ0v) is 7.08. The molecule has 70 valence electrons. The molecule has 0 aliphatic heterocycles. The lowest BCUT2D eigenvalue weighted by Gasteiger charge is -1.95. The minimum atomic E-state index is -2.05. The van der Waals surface area contributed by atoms with E-state index in [1.54, 1.807) is 0 Å². The van der Waals surface area contributed by atoms with Gasteiger partial charge in [0, 0.05) is 13.0 Å². The highest BCUT2D eigenvalue weighted by Gasteiger charge is 1.93. The minimum absolute atomic E-state index is 0.0603. The lowest BCUT2D eigenvalue weighted by atomic mass is 10.3. The van der Waals surface area contributed by atoms with Crippen LogP contribution in [-0.2, 0) is 15.9 Å². The summed E-state index contributed by atoms with van der Waals surface area (Å²) in [5.41, 5.74) is 3.25. The second-order valence-electron chi connectivity index (χ2n) is 1.92. The third-order valence-corrected chi connectivity index (χ3v) is 1.20. The fourth-order valence-corrected chi connectivity index (χ4v) is 0.630. The zero-order chi connectivity index (χ0) is 9.40. The van der Waals surface area contributed by atoms with Crippen LogP contribution in [0.5, 0.6) is 0 Å². The molecule has 12 heavy (non-hydrogen) atoms. The molecule has 0 saturated heterocycles. The van der Waals surface area contributed by atoms with Crippen molar-refractivity contribution in [2.75, 3.05) is 6.54 Å². The maximum atomic E-state index is 9.99. The van der Waals surface area contributed by atoms with Crippen LogP contribution in [0.1, 0.15) is 12.8 Å². The Balaban J connectivity index is 3.21. The van der Waals surface area contributed by atoms with E-state index in [1.165, 1.54) is 0 Å². The van der Waals surface area contributed by atoms with Gasteiger partial charge in [-0.05, 0) is 6.42 Å². The van der Waals surface area contributed by atoms with Crippen LogP contribution >= 0.6 is 0 Å². The van der Waals surface area contributed by atoms with Gasteiger partial charge in [0.15, 0.2) is 11.1 Å². The summed E-state index contributed by atoms with van der Waals surface area (Å²) in [6.07, 6.45) is 0.496. The van der Waals surface area contributed by atoms with E-state index in [4.69, 9.17) is 9.66 Å². The van der Waals surface area contributed by atoms with Gasteiger partial charge < -0.3 is 15.1 Å². The van der Waals surface area contributed by atoms with Gasteiger partial charge in [0.05, 0.1) is 0 Å². The number of aliphatic carboxylic acids is 1. The average molecular weight is 194 g/mol. The van der Waals surface area contributed by atoms with Gasteiger partial charge in [-0.1, -0.05) is 0 Å². The highest BCUT2D eigenvalue weighted by molar-refractivity contribution is 7.93. The fourth-order valence-electron chi connectivity index (χ4n) is 0.466. The molecule has 0 saturated carbocycles. The van der Waals surface area contributed by atoms with Gasteiger partial charge in [0.2, 0.25) is 0 Å². The minimum Gasteiger partial charge on any atom is -0.481 e. The van der Waals surface area contributed by atoms with Crippen LogP contribution < -0.4 is 5.43 Å². The number of nitrogens with zero attached hydrogens (tertiary/aromatic N) is 1. The van der Waals surface area contributed by atoms with Crippen LogP contribution in [0.2, 0.25) is 0 Å². The van der Waals surface area contributed by atoms with Crippen molar-refractivity contribution in [3.8, 4) is 0 Å². The first-order valence-electron chi connectivity index (χ1n) is 3.20. The molecule has 0 aromatic heterocycles. The number of carbonyl (C=O) groups is 1. The molecule has 1 atom stereocenters. The van der Waals surface area contributed by atoms with E-state index < -0.39 is 17.0 Å². The topological polar surface area (TPSA) is 99.0 Å². The van der Waals surface area contributed by atoms with E-state index in [-0.39, 0.29) is 6.42 Å². The molecule has 0 fully saturated rings. The third kappa shape index (κ3) is 9.05. The normalized spacial score (nSPS) is 13.1.